The maximum atomic E-state index is 2.79. The van der Waals surface area contributed by atoms with Gasteiger partial charge in [0.05, 0.1) is 0 Å². The number of hydrogen-bond acceptors (Lipinski definition) is 0. The molecule has 0 spiro atoms. The lowest BCUT2D eigenvalue weighted by molar-refractivity contribution is 0.729. The standard InChI is InChI=1S/C17H42Si3/c1-12-20(13-2,14-3)15-19(11,16(4)5)18(9,10)17(6,7)8/h16H,12-15H2,1-11H3. The second-order valence-electron chi connectivity index (χ2n) is 9.18. The summed E-state index contributed by atoms with van der Waals surface area (Å²) in [7, 11) is -3.40. The molecule has 0 saturated carbocycles. The molecule has 0 heterocycles. The van der Waals surface area contributed by atoms with Gasteiger partial charge in [-0.2, -0.15) is 0 Å². The Kier molecular flexibility index (Phi) is 7.05. The van der Waals surface area contributed by atoms with Crippen LogP contribution in [-0.4, -0.2) is 23.3 Å². The minimum Gasteiger partial charge on any atom is -0.0711 e. The fourth-order valence-electron chi connectivity index (χ4n) is 3.91. The first-order valence-corrected chi connectivity index (χ1v) is 18.4. The molecule has 1 unspecified atom stereocenters. The van der Waals surface area contributed by atoms with Crippen LogP contribution in [-0.2, 0) is 0 Å². The zero-order chi connectivity index (χ0) is 16.4. The molecule has 0 saturated heterocycles. The van der Waals surface area contributed by atoms with Crippen molar-refractivity contribution in [3.63, 3.8) is 0 Å². The number of rotatable bonds is 7. The van der Waals surface area contributed by atoms with Crippen molar-refractivity contribution >= 4 is 23.3 Å². The quantitative estimate of drug-likeness (QED) is 0.436. The molecule has 0 aliphatic rings. The first-order valence-electron chi connectivity index (χ1n) is 8.83. The topological polar surface area (TPSA) is 0 Å². The molecule has 20 heavy (non-hydrogen) atoms. The molecule has 0 amide bonds. The van der Waals surface area contributed by atoms with Gasteiger partial charge in [-0.15, -0.1) is 0 Å². The minimum atomic E-state index is -1.21. The maximum absolute atomic E-state index is 2.79. The van der Waals surface area contributed by atoms with E-state index in [0.717, 1.165) is 5.54 Å². The second kappa shape index (κ2) is 6.82. The van der Waals surface area contributed by atoms with Gasteiger partial charge in [0.2, 0.25) is 0 Å². The highest BCUT2D eigenvalue weighted by molar-refractivity contribution is 7.44. The number of hydrogen-bond donors (Lipinski definition) is 0. The van der Waals surface area contributed by atoms with Gasteiger partial charge in [-0.05, 0) is 5.04 Å². The Bertz CT molecular complexity index is 290. The summed E-state index contributed by atoms with van der Waals surface area (Å²) in [5, 5.41) is 0.549. The average Bonchev–Trinajstić information content (AvgIpc) is 2.34. The van der Waals surface area contributed by atoms with E-state index in [1.165, 1.54) is 18.1 Å². The van der Waals surface area contributed by atoms with E-state index in [2.05, 4.69) is 75.0 Å². The molecule has 0 bridgehead atoms. The summed E-state index contributed by atoms with van der Waals surface area (Å²) in [6, 6.07) is 4.51. The van der Waals surface area contributed by atoms with Crippen LogP contribution in [0.2, 0.25) is 54.0 Å². The Hall–Kier alpha value is 0.651. The van der Waals surface area contributed by atoms with Gasteiger partial charge < -0.3 is 0 Å². The van der Waals surface area contributed by atoms with Crippen molar-refractivity contribution in [2.24, 2.45) is 0 Å². The molecule has 0 radical (unpaired) electrons. The smallest absolute Gasteiger partial charge is 0.0499 e. The van der Waals surface area contributed by atoms with Crippen molar-refractivity contribution in [3.8, 4) is 0 Å². The van der Waals surface area contributed by atoms with E-state index in [1.807, 2.05) is 0 Å². The highest BCUT2D eigenvalue weighted by Gasteiger charge is 2.55. The van der Waals surface area contributed by atoms with E-state index >= 15 is 0 Å². The fraction of sp³-hybridized carbons (Fsp3) is 1.00. The molecule has 0 fully saturated rings. The molecule has 0 aliphatic carbocycles. The van der Waals surface area contributed by atoms with E-state index in [9.17, 15) is 0 Å². The van der Waals surface area contributed by atoms with Crippen LogP contribution in [0.5, 0.6) is 0 Å². The Morgan fingerprint density at radius 2 is 1.15 bits per heavy atom. The Labute approximate surface area is 133 Å². The third kappa shape index (κ3) is 3.70. The summed E-state index contributed by atoms with van der Waals surface area (Å²) >= 11 is 0. The lowest BCUT2D eigenvalue weighted by Gasteiger charge is -2.55. The van der Waals surface area contributed by atoms with Crippen molar-refractivity contribution in [1.29, 1.82) is 0 Å². The zero-order valence-electron chi connectivity index (χ0n) is 16.4. The third-order valence-electron chi connectivity index (χ3n) is 7.57. The van der Waals surface area contributed by atoms with Crippen molar-refractivity contribution in [3.05, 3.63) is 0 Å². The van der Waals surface area contributed by atoms with E-state index in [1.54, 1.807) is 5.67 Å². The normalized spacial score (nSPS) is 17.4. The molecular formula is C17H42Si3. The summed E-state index contributed by atoms with van der Waals surface area (Å²) in [6.45, 7) is 28.4. The van der Waals surface area contributed by atoms with Gasteiger partial charge in [0.15, 0.2) is 0 Å². The molecular weight excluding hydrogens is 288 g/mol. The monoisotopic (exact) mass is 330 g/mol. The largest absolute Gasteiger partial charge is 0.0711 e. The van der Waals surface area contributed by atoms with Crippen LogP contribution >= 0.6 is 0 Å². The van der Waals surface area contributed by atoms with Gasteiger partial charge >= 0.3 is 0 Å². The highest BCUT2D eigenvalue weighted by atomic mass is 29.3. The molecule has 0 aromatic heterocycles. The highest BCUT2D eigenvalue weighted by Crippen LogP contribution is 2.50. The molecule has 3 heteroatoms. The first-order chi connectivity index (χ1) is 8.83. The van der Waals surface area contributed by atoms with Crippen LogP contribution in [0.1, 0.15) is 55.4 Å². The molecule has 1 atom stereocenters. The van der Waals surface area contributed by atoms with Crippen molar-refractivity contribution < 1.29 is 0 Å². The fourth-order valence-corrected chi connectivity index (χ4v) is 38.0. The van der Waals surface area contributed by atoms with Crippen LogP contribution in [0.25, 0.3) is 0 Å². The second-order valence-corrected chi connectivity index (χ2v) is 31.6. The Morgan fingerprint density at radius 3 is 1.35 bits per heavy atom. The summed E-state index contributed by atoms with van der Waals surface area (Å²) < 4.78 is 0. The summed E-state index contributed by atoms with van der Waals surface area (Å²) in [6.07, 6.45) is 0. The van der Waals surface area contributed by atoms with Gasteiger partial charge in [0.25, 0.3) is 0 Å². The predicted octanol–water partition coefficient (Wildman–Crippen LogP) is 7.11. The van der Waals surface area contributed by atoms with E-state index in [-0.39, 0.29) is 0 Å². The van der Waals surface area contributed by atoms with Gasteiger partial charge in [0.1, 0.15) is 0 Å². The molecule has 0 aromatic carbocycles. The van der Waals surface area contributed by atoms with Crippen LogP contribution in [0.15, 0.2) is 0 Å². The maximum Gasteiger partial charge on any atom is 0.0499 e. The zero-order valence-corrected chi connectivity index (χ0v) is 19.4. The summed E-state index contributed by atoms with van der Waals surface area (Å²) in [5.41, 5.74) is 2.64. The molecule has 0 aromatic rings. The molecule has 0 rings (SSSR count). The SMILES string of the molecule is CC[Si](CC)(CC)C[Si](C)(C(C)C)[Si](C)(C)C(C)(C)C. The third-order valence-corrected chi connectivity index (χ3v) is 41.3. The summed E-state index contributed by atoms with van der Waals surface area (Å²) in [4.78, 5) is 0. The summed E-state index contributed by atoms with van der Waals surface area (Å²) in [5.74, 6) is 0. The molecule has 0 nitrogen and oxygen atoms in total. The van der Waals surface area contributed by atoms with Gasteiger partial charge in [-0.1, -0.05) is 104 Å². The van der Waals surface area contributed by atoms with Crippen LogP contribution in [0.3, 0.4) is 0 Å². The van der Waals surface area contributed by atoms with E-state index in [0.29, 0.717) is 5.04 Å². The average molecular weight is 331 g/mol. The van der Waals surface area contributed by atoms with Gasteiger partial charge in [0, 0.05) is 23.3 Å². The van der Waals surface area contributed by atoms with Crippen molar-refractivity contribution in [2.75, 3.05) is 0 Å². The van der Waals surface area contributed by atoms with E-state index < -0.39 is 23.3 Å². The molecule has 0 aliphatic heterocycles. The van der Waals surface area contributed by atoms with Crippen LogP contribution in [0, 0.1) is 0 Å². The van der Waals surface area contributed by atoms with Crippen molar-refractivity contribution in [2.45, 2.75) is 109 Å². The lowest BCUT2D eigenvalue weighted by Crippen LogP contribution is -2.66. The predicted molar refractivity (Wildman–Crippen MR) is 106 cm³/mol. The molecule has 122 valence electrons. The lowest BCUT2D eigenvalue weighted by atomic mass is 10.2. The van der Waals surface area contributed by atoms with Gasteiger partial charge in [-0.3, -0.25) is 0 Å². The van der Waals surface area contributed by atoms with Crippen LogP contribution in [0.4, 0.5) is 0 Å². The van der Waals surface area contributed by atoms with Crippen LogP contribution < -0.4 is 0 Å². The Morgan fingerprint density at radius 1 is 0.800 bits per heavy atom. The van der Waals surface area contributed by atoms with E-state index in [4.69, 9.17) is 0 Å². The van der Waals surface area contributed by atoms with Crippen molar-refractivity contribution in [1.82, 2.24) is 0 Å². The first kappa shape index (κ1) is 20.7. The molecule has 0 N–H and O–H groups in total. The Balaban J connectivity index is 5.76. The van der Waals surface area contributed by atoms with Gasteiger partial charge in [-0.25, -0.2) is 0 Å². The minimum absolute atomic E-state index is 0.549.